The zero-order chi connectivity index (χ0) is 18.4. The monoisotopic (exact) mass is 359 g/mol. The summed E-state index contributed by atoms with van der Waals surface area (Å²) in [6.07, 6.45) is 3.67. The molecule has 2 aromatic rings. The van der Waals surface area contributed by atoms with Gasteiger partial charge in [-0.05, 0) is 19.3 Å². The molecule has 1 unspecified atom stereocenters. The zero-order valence-corrected chi connectivity index (χ0v) is 15.3. The number of Topliss-reactive ketones (excluding diaryl/α,β-unsaturated/α-hetero) is 2. The zero-order valence-electron chi connectivity index (χ0n) is 15.3. The van der Waals surface area contributed by atoms with Crippen molar-refractivity contribution in [3.63, 3.8) is 0 Å². The molecule has 3 aliphatic rings. The quantitative estimate of drug-likeness (QED) is 0.626. The van der Waals surface area contributed by atoms with E-state index in [9.17, 15) is 9.59 Å². The first kappa shape index (κ1) is 16.5. The van der Waals surface area contributed by atoms with Gasteiger partial charge in [0.2, 0.25) is 11.6 Å². The third kappa shape index (κ3) is 2.47. The van der Waals surface area contributed by atoms with E-state index >= 15 is 0 Å². The molecule has 0 amide bonds. The number of quaternary nitrogens is 1. The molecule has 136 valence electrons. The Morgan fingerprint density at radius 2 is 1.44 bits per heavy atom. The van der Waals surface area contributed by atoms with Gasteiger partial charge in [-0.25, -0.2) is 0 Å². The second kappa shape index (κ2) is 6.17. The van der Waals surface area contributed by atoms with E-state index in [4.69, 9.17) is 0 Å². The van der Waals surface area contributed by atoms with Crippen LogP contribution in [-0.2, 0) is 4.79 Å². The molecule has 0 aromatic heterocycles. The third-order valence-corrected chi connectivity index (χ3v) is 6.35. The molecule has 2 aliphatic heterocycles. The normalized spacial score (nSPS) is 23.6. The van der Waals surface area contributed by atoms with E-state index in [-0.39, 0.29) is 17.7 Å². The Balaban J connectivity index is 1.68. The summed E-state index contributed by atoms with van der Waals surface area (Å²) >= 11 is 0. The van der Waals surface area contributed by atoms with Gasteiger partial charge in [0, 0.05) is 16.7 Å². The van der Waals surface area contributed by atoms with Gasteiger partial charge in [0.25, 0.3) is 0 Å². The van der Waals surface area contributed by atoms with Gasteiger partial charge in [-0.1, -0.05) is 54.6 Å². The number of piperidine rings is 1. The van der Waals surface area contributed by atoms with E-state index in [1.807, 2.05) is 24.3 Å². The number of nitrogens with one attached hydrogen (secondary N) is 1. The Kier molecular flexibility index (Phi) is 3.76. The molecule has 27 heavy (non-hydrogen) atoms. The van der Waals surface area contributed by atoms with Crippen LogP contribution in [0, 0.1) is 0 Å². The van der Waals surface area contributed by atoms with Crippen molar-refractivity contribution >= 4 is 17.3 Å². The van der Waals surface area contributed by atoms with Crippen LogP contribution in [0.1, 0.15) is 46.9 Å². The van der Waals surface area contributed by atoms with Crippen LogP contribution in [0.2, 0.25) is 0 Å². The van der Waals surface area contributed by atoms with Gasteiger partial charge in [0.05, 0.1) is 24.4 Å². The summed E-state index contributed by atoms with van der Waals surface area (Å²) in [5, 5.41) is 3.72. The summed E-state index contributed by atoms with van der Waals surface area (Å²) in [4.78, 5) is 25.6. The van der Waals surface area contributed by atoms with Crippen molar-refractivity contribution < 1.29 is 14.1 Å². The molecule has 4 heteroatoms. The number of ketones is 2. The molecule has 1 N–H and O–H groups in total. The summed E-state index contributed by atoms with van der Waals surface area (Å²) in [6, 6.07) is 18.0. The smallest absolute Gasteiger partial charge is 0.237 e. The minimum atomic E-state index is -0.362. The van der Waals surface area contributed by atoms with Crippen LogP contribution in [0.4, 0.5) is 0 Å². The summed E-state index contributed by atoms with van der Waals surface area (Å²) in [6.45, 7) is 2.71. The highest BCUT2D eigenvalue weighted by Gasteiger charge is 2.48. The fraction of sp³-hybridized carbons (Fsp3) is 0.304. The lowest BCUT2D eigenvalue weighted by Gasteiger charge is -2.51. The Bertz CT molecular complexity index is 955. The van der Waals surface area contributed by atoms with Crippen LogP contribution < -0.4 is 5.32 Å². The van der Waals surface area contributed by atoms with Crippen molar-refractivity contribution in [2.45, 2.75) is 25.4 Å². The molecule has 4 nitrogen and oxygen atoms in total. The number of rotatable bonds is 1. The highest BCUT2D eigenvalue weighted by atomic mass is 16.2. The average Bonchev–Trinajstić information content (AvgIpc) is 2.73. The second-order valence-corrected chi connectivity index (χ2v) is 7.90. The molecule has 2 heterocycles. The van der Waals surface area contributed by atoms with Crippen molar-refractivity contribution in [3.05, 3.63) is 76.9 Å². The van der Waals surface area contributed by atoms with Crippen molar-refractivity contribution in [2.75, 3.05) is 19.6 Å². The van der Waals surface area contributed by atoms with E-state index in [2.05, 4.69) is 29.6 Å². The molecule has 1 spiro atoms. The van der Waals surface area contributed by atoms with Crippen LogP contribution in [0.15, 0.2) is 60.2 Å². The summed E-state index contributed by atoms with van der Waals surface area (Å²) < 4.78 is 0.823. The Labute approximate surface area is 159 Å². The predicted octanol–water partition coefficient (Wildman–Crippen LogP) is 3.47. The predicted molar refractivity (Wildman–Crippen MR) is 104 cm³/mol. The fourth-order valence-corrected chi connectivity index (χ4v) is 5.02. The minimum Gasteiger partial charge on any atom is -0.331 e. The molecular weight excluding hydrogens is 336 g/mol. The van der Waals surface area contributed by atoms with Gasteiger partial charge < -0.3 is 5.32 Å². The largest absolute Gasteiger partial charge is 0.331 e. The lowest BCUT2D eigenvalue weighted by Crippen LogP contribution is -2.62. The van der Waals surface area contributed by atoms with Crippen molar-refractivity contribution in [3.8, 4) is 0 Å². The summed E-state index contributed by atoms with van der Waals surface area (Å²) in [7, 11) is 0. The molecule has 2 aromatic carbocycles. The van der Waals surface area contributed by atoms with Crippen molar-refractivity contribution in [1.29, 1.82) is 0 Å². The molecule has 1 fully saturated rings. The van der Waals surface area contributed by atoms with E-state index in [0.717, 1.165) is 41.7 Å². The van der Waals surface area contributed by atoms with Crippen molar-refractivity contribution in [2.24, 2.45) is 0 Å². The fourth-order valence-electron chi connectivity index (χ4n) is 5.02. The van der Waals surface area contributed by atoms with Crippen LogP contribution in [-0.4, -0.2) is 35.7 Å². The van der Waals surface area contributed by atoms with Gasteiger partial charge in [-0.2, -0.15) is 0 Å². The van der Waals surface area contributed by atoms with E-state index in [1.165, 1.54) is 12.0 Å². The van der Waals surface area contributed by atoms with Crippen molar-refractivity contribution in [1.82, 2.24) is 5.32 Å². The average molecular weight is 359 g/mol. The summed E-state index contributed by atoms with van der Waals surface area (Å²) in [5.41, 5.74) is 4.17. The van der Waals surface area contributed by atoms with E-state index < -0.39 is 0 Å². The summed E-state index contributed by atoms with van der Waals surface area (Å²) in [5.74, 6) is -0.690. The standard InChI is InChI=1S/C23H22N2O2/c26-21-18-12-6-5-11-17(18)20-19(22(21)27)15-25(13-7-2-8-14-25)23(24-20)16-9-3-1-4-10-16/h1,3-6,9-12,23H,2,7-8,13-15H2/p+1. The van der Waals surface area contributed by atoms with E-state index in [1.54, 1.807) is 6.07 Å². The van der Waals surface area contributed by atoms with Crippen LogP contribution in [0.5, 0.6) is 0 Å². The first-order chi connectivity index (χ1) is 13.2. The molecule has 0 radical (unpaired) electrons. The number of nitrogens with zero attached hydrogens (tertiary/aromatic N) is 1. The lowest BCUT2D eigenvalue weighted by molar-refractivity contribution is -0.960. The molecule has 5 rings (SSSR count). The molecule has 1 aliphatic carbocycles. The van der Waals surface area contributed by atoms with Gasteiger partial charge in [-0.15, -0.1) is 0 Å². The second-order valence-electron chi connectivity index (χ2n) is 7.90. The highest BCUT2D eigenvalue weighted by molar-refractivity contribution is 6.52. The molecular formula is C23H23N2O2+. The lowest BCUT2D eigenvalue weighted by atomic mass is 9.83. The minimum absolute atomic E-state index is 0.110. The number of hydrogen-bond donors (Lipinski definition) is 1. The topological polar surface area (TPSA) is 46.2 Å². The first-order valence-electron chi connectivity index (χ1n) is 9.78. The molecule has 1 atom stereocenters. The number of carbonyl (C=O) groups excluding carboxylic acids is 2. The molecule has 0 bridgehead atoms. The SMILES string of the molecule is O=C1C(=O)c2ccccc2C2=C1C[N+]1(CCCCC1)C(c1ccccc1)N2. The third-order valence-electron chi connectivity index (χ3n) is 6.35. The number of carbonyl (C=O) groups is 2. The number of fused-ring (bicyclic) bond motifs is 2. The van der Waals surface area contributed by atoms with Crippen LogP contribution >= 0.6 is 0 Å². The Morgan fingerprint density at radius 3 is 2.19 bits per heavy atom. The molecule has 1 saturated heterocycles. The number of hydrogen-bond acceptors (Lipinski definition) is 3. The Morgan fingerprint density at radius 1 is 0.778 bits per heavy atom. The van der Waals surface area contributed by atoms with Crippen LogP contribution in [0.3, 0.4) is 0 Å². The van der Waals surface area contributed by atoms with E-state index in [0.29, 0.717) is 17.7 Å². The van der Waals surface area contributed by atoms with Gasteiger partial charge in [0.1, 0.15) is 6.54 Å². The van der Waals surface area contributed by atoms with Gasteiger partial charge in [0.15, 0.2) is 6.17 Å². The first-order valence-corrected chi connectivity index (χ1v) is 9.78. The maximum atomic E-state index is 12.9. The van der Waals surface area contributed by atoms with Gasteiger partial charge in [-0.3, -0.25) is 14.1 Å². The van der Waals surface area contributed by atoms with Gasteiger partial charge >= 0.3 is 0 Å². The molecule has 0 saturated carbocycles. The Hall–Kier alpha value is -2.72. The maximum absolute atomic E-state index is 12.9. The number of benzene rings is 2. The maximum Gasteiger partial charge on any atom is 0.237 e. The highest BCUT2D eigenvalue weighted by Crippen LogP contribution is 2.41. The van der Waals surface area contributed by atoms with Crippen LogP contribution in [0.25, 0.3) is 5.70 Å².